The Morgan fingerprint density at radius 1 is 1.00 bits per heavy atom. The lowest BCUT2D eigenvalue weighted by Crippen LogP contribution is -2.54. The largest absolute Gasteiger partial charge is 0.352 e. The summed E-state index contributed by atoms with van der Waals surface area (Å²) in [5.41, 5.74) is 0.966. The summed E-state index contributed by atoms with van der Waals surface area (Å²) in [5, 5.41) is 2.68. The summed E-state index contributed by atoms with van der Waals surface area (Å²) in [4.78, 5) is 52.5. The zero-order chi connectivity index (χ0) is 19.8. The van der Waals surface area contributed by atoms with E-state index in [0.717, 1.165) is 4.90 Å². The molecule has 7 nitrogen and oxygen atoms in total. The first kappa shape index (κ1) is 17.8. The maximum absolute atomic E-state index is 13.2. The number of carbonyl (C=O) groups is 4. The number of carbonyl (C=O) groups excluding carboxylic acids is 4. The molecule has 1 N–H and O–H groups in total. The van der Waals surface area contributed by atoms with Gasteiger partial charge >= 0.3 is 0 Å². The molecule has 1 fully saturated rings. The van der Waals surface area contributed by atoms with E-state index in [-0.39, 0.29) is 24.2 Å². The highest BCUT2D eigenvalue weighted by Crippen LogP contribution is 2.26. The van der Waals surface area contributed by atoms with Gasteiger partial charge in [0.25, 0.3) is 11.8 Å². The Kier molecular flexibility index (Phi) is 4.38. The molecular weight excluding hydrogens is 365 g/mol. The van der Waals surface area contributed by atoms with Gasteiger partial charge in [-0.2, -0.15) is 0 Å². The van der Waals surface area contributed by atoms with Crippen LogP contribution in [0.3, 0.4) is 0 Å². The molecule has 142 valence electrons. The quantitative estimate of drug-likeness (QED) is 0.808. The number of hydrogen-bond donors (Lipinski definition) is 1. The third kappa shape index (κ3) is 2.92. The molecule has 2 aliphatic rings. The molecule has 28 heavy (non-hydrogen) atoms. The topological polar surface area (TPSA) is 86.8 Å². The highest BCUT2D eigenvalue weighted by atomic mass is 19.1. The molecule has 8 heteroatoms. The smallest absolute Gasteiger partial charge is 0.262 e. The van der Waals surface area contributed by atoms with Crippen molar-refractivity contribution in [1.29, 1.82) is 0 Å². The first-order chi connectivity index (χ1) is 13.5. The van der Waals surface area contributed by atoms with Crippen molar-refractivity contribution in [3.8, 4) is 0 Å². The van der Waals surface area contributed by atoms with Gasteiger partial charge in [0.2, 0.25) is 11.8 Å². The molecule has 1 unspecified atom stereocenters. The number of halogens is 1. The summed E-state index contributed by atoms with van der Waals surface area (Å²) in [6, 6.07) is 10.7. The molecule has 1 saturated heterocycles. The van der Waals surface area contributed by atoms with Crippen molar-refractivity contribution in [2.75, 3.05) is 19.6 Å². The van der Waals surface area contributed by atoms with E-state index in [4.69, 9.17) is 0 Å². The van der Waals surface area contributed by atoms with Gasteiger partial charge in [0, 0.05) is 13.1 Å². The highest BCUT2D eigenvalue weighted by Gasteiger charge is 2.40. The van der Waals surface area contributed by atoms with E-state index in [0.29, 0.717) is 5.56 Å². The molecule has 4 rings (SSSR count). The summed E-state index contributed by atoms with van der Waals surface area (Å²) in [7, 11) is 0. The molecule has 4 amide bonds. The predicted molar refractivity (Wildman–Crippen MR) is 95.7 cm³/mol. The van der Waals surface area contributed by atoms with Crippen LogP contribution in [0.5, 0.6) is 0 Å². The lowest BCUT2D eigenvalue weighted by molar-refractivity contribution is -0.143. The molecule has 2 aromatic carbocycles. The van der Waals surface area contributed by atoms with Crippen molar-refractivity contribution in [2.45, 2.75) is 6.04 Å². The van der Waals surface area contributed by atoms with E-state index in [2.05, 4.69) is 5.32 Å². The van der Waals surface area contributed by atoms with Crippen molar-refractivity contribution in [2.24, 2.45) is 0 Å². The van der Waals surface area contributed by atoms with Crippen molar-refractivity contribution >= 4 is 23.6 Å². The van der Waals surface area contributed by atoms with Crippen LogP contribution in [0.1, 0.15) is 32.3 Å². The number of piperazine rings is 1. The number of imide groups is 1. The van der Waals surface area contributed by atoms with Crippen LogP contribution in [-0.2, 0) is 9.59 Å². The van der Waals surface area contributed by atoms with Gasteiger partial charge in [-0.25, -0.2) is 4.39 Å². The molecular formula is C20H16FN3O4. The molecule has 0 saturated carbocycles. The Balaban J connectivity index is 1.58. The fraction of sp³-hybridized carbons (Fsp3) is 0.200. The van der Waals surface area contributed by atoms with E-state index in [9.17, 15) is 23.6 Å². The van der Waals surface area contributed by atoms with E-state index in [1.165, 1.54) is 41.3 Å². The second-order valence-electron chi connectivity index (χ2n) is 6.57. The van der Waals surface area contributed by atoms with E-state index < -0.39 is 42.0 Å². The lowest BCUT2D eigenvalue weighted by Gasteiger charge is -2.36. The zero-order valence-corrected chi connectivity index (χ0v) is 14.7. The van der Waals surface area contributed by atoms with Crippen LogP contribution in [0.2, 0.25) is 0 Å². The standard InChI is InChI=1S/C20H16FN3O4/c21-13-7-5-12(6-8-13)17-18(26)22-9-10-23(17)16(25)11-24-19(27)14-3-1-2-4-15(14)20(24)28/h1-8,17H,9-11H2,(H,22,26). The van der Waals surface area contributed by atoms with Crippen LogP contribution in [0.25, 0.3) is 0 Å². The summed E-state index contributed by atoms with van der Waals surface area (Å²) in [5.74, 6) is -2.45. The summed E-state index contributed by atoms with van der Waals surface area (Å²) in [6.07, 6.45) is 0. The third-order valence-corrected chi connectivity index (χ3v) is 4.89. The van der Waals surface area contributed by atoms with E-state index >= 15 is 0 Å². The van der Waals surface area contributed by atoms with Gasteiger partial charge in [0.05, 0.1) is 11.1 Å². The molecule has 0 aliphatic carbocycles. The maximum atomic E-state index is 13.2. The Morgan fingerprint density at radius 2 is 1.61 bits per heavy atom. The minimum absolute atomic E-state index is 0.218. The minimum Gasteiger partial charge on any atom is -0.352 e. The third-order valence-electron chi connectivity index (χ3n) is 4.89. The maximum Gasteiger partial charge on any atom is 0.262 e. The van der Waals surface area contributed by atoms with Crippen LogP contribution in [0, 0.1) is 5.82 Å². The van der Waals surface area contributed by atoms with Crippen LogP contribution in [0.15, 0.2) is 48.5 Å². The van der Waals surface area contributed by atoms with Gasteiger partial charge in [-0.05, 0) is 29.8 Å². The highest BCUT2D eigenvalue weighted by molar-refractivity contribution is 6.22. The fourth-order valence-electron chi connectivity index (χ4n) is 3.52. The Hall–Kier alpha value is -3.55. The van der Waals surface area contributed by atoms with E-state index in [1.54, 1.807) is 12.1 Å². The number of hydrogen-bond acceptors (Lipinski definition) is 4. The fourth-order valence-corrected chi connectivity index (χ4v) is 3.52. The monoisotopic (exact) mass is 381 g/mol. The summed E-state index contributed by atoms with van der Waals surface area (Å²) >= 11 is 0. The minimum atomic E-state index is -0.947. The van der Waals surface area contributed by atoms with Gasteiger partial charge in [-0.1, -0.05) is 24.3 Å². The molecule has 2 aromatic rings. The molecule has 2 heterocycles. The predicted octanol–water partition coefficient (Wildman–Crippen LogP) is 1.12. The number of rotatable bonds is 3. The number of nitrogens with zero attached hydrogens (tertiary/aromatic N) is 2. The number of nitrogens with one attached hydrogen (secondary N) is 1. The average Bonchev–Trinajstić information content (AvgIpc) is 2.94. The Labute approximate surface area is 159 Å². The molecule has 2 aliphatic heterocycles. The van der Waals surface area contributed by atoms with Crippen LogP contribution in [0.4, 0.5) is 4.39 Å². The normalized spacial score (nSPS) is 18.9. The number of benzene rings is 2. The van der Waals surface area contributed by atoms with Gasteiger partial charge in [0.15, 0.2) is 0 Å². The average molecular weight is 381 g/mol. The molecule has 0 spiro atoms. The van der Waals surface area contributed by atoms with E-state index in [1.807, 2.05) is 0 Å². The van der Waals surface area contributed by atoms with Gasteiger partial charge in [-0.3, -0.25) is 24.1 Å². The number of amides is 4. The van der Waals surface area contributed by atoms with Crippen molar-refractivity contribution in [3.05, 3.63) is 71.0 Å². The van der Waals surface area contributed by atoms with Gasteiger partial charge in [-0.15, -0.1) is 0 Å². The summed E-state index contributed by atoms with van der Waals surface area (Å²) < 4.78 is 13.2. The van der Waals surface area contributed by atoms with Gasteiger partial charge in [0.1, 0.15) is 18.4 Å². The molecule has 0 bridgehead atoms. The molecule has 0 aromatic heterocycles. The Morgan fingerprint density at radius 3 is 2.21 bits per heavy atom. The summed E-state index contributed by atoms with van der Waals surface area (Å²) in [6.45, 7) is 0.0114. The van der Waals surface area contributed by atoms with Crippen molar-refractivity contribution in [3.63, 3.8) is 0 Å². The SMILES string of the molecule is O=C1NCCN(C(=O)CN2C(=O)c3ccccc3C2=O)C1c1ccc(F)cc1. The van der Waals surface area contributed by atoms with Crippen LogP contribution >= 0.6 is 0 Å². The lowest BCUT2D eigenvalue weighted by atomic mass is 10.0. The first-order valence-corrected chi connectivity index (χ1v) is 8.75. The number of fused-ring (bicyclic) bond motifs is 1. The van der Waals surface area contributed by atoms with Gasteiger partial charge < -0.3 is 10.2 Å². The van der Waals surface area contributed by atoms with Crippen LogP contribution in [-0.4, -0.2) is 53.1 Å². The second kappa shape index (κ2) is 6.88. The molecule has 1 atom stereocenters. The van der Waals surface area contributed by atoms with Crippen molar-refractivity contribution in [1.82, 2.24) is 15.1 Å². The first-order valence-electron chi connectivity index (χ1n) is 8.75. The second-order valence-corrected chi connectivity index (χ2v) is 6.57. The zero-order valence-electron chi connectivity index (χ0n) is 14.7. The van der Waals surface area contributed by atoms with Crippen molar-refractivity contribution < 1.29 is 23.6 Å². The Bertz CT molecular complexity index is 954. The van der Waals surface area contributed by atoms with Crippen LogP contribution < -0.4 is 5.32 Å². The molecule has 0 radical (unpaired) electrons.